The highest BCUT2D eigenvalue weighted by Crippen LogP contribution is 2.37. The van der Waals surface area contributed by atoms with Crippen molar-refractivity contribution in [2.75, 3.05) is 13.2 Å². The van der Waals surface area contributed by atoms with Gasteiger partial charge in [-0.1, -0.05) is 35.3 Å². The predicted octanol–water partition coefficient (Wildman–Crippen LogP) is 7.99. The Morgan fingerprint density at radius 2 is 1.74 bits per heavy atom. The molecule has 0 radical (unpaired) electrons. The number of aliphatic imine (C=N–C) groups is 1. The minimum atomic E-state index is -0.215. The number of ether oxygens (including phenoxy) is 3. The second-order valence-electron chi connectivity index (χ2n) is 8.38. The average Bonchev–Trinajstić information content (AvgIpc) is 3.25. The van der Waals surface area contributed by atoms with Gasteiger partial charge < -0.3 is 19.5 Å². The molecule has 1 fully saturated rings. The Kier molecular flexibility index (Phi) is 9.98. The van der Waals surface area contributed by atoms with E-state index in [0.717, 1.165) is 28.1 Å². The predicted molar refractivity (Wildman–Crippen MR) is 161 cm³/mol. The molecule has 0 unspecified atom stereocenters. The first-order valence-electron chi connectivity index (χ1n) is 12.4. The summed E-state index contributed by atoms with van der Waals surface area (Å²) in [5.74, 6) is 1.75. The highest BCUT2D eigenvalue weighted by atomic mass is 35.5. The largest absolute Gasteiger partial charge is 0.494 e. The number of hydrogen-bond acceptors (Lipinski definition) is 6. The summed E-state index contributed by atoms with van der Waals surface area (Å²) >= 11 is 13.5. The van der Waals surface area contributed by atoms with Crippen LogP contribution >= 0.6 is 35.0 Å². The summed E-state index contributed by atoms with van der Waals surface area (Å²) in [5, 5.41) is 4.29. The number of nitrogens with zero attached hydrogens (tertiary/aromatic N) is 1. The molecule has 3 aromatic rings. The second kappa shape index (κ2) is 13.6. The quantitative estimate of drug-likeness (QED) is 0.183. The van der Waals surface area contributed by atoms with Crippen LogP contribution in [0.5, 0.6) is 17.2 Å². The van der Waals surface area contributed by atoms with Crippen LogP contribution in [-0.2, 0) is 17.8 Å². The Balaban J connectivity index is 1.58. The fourth-order valence-corrected chi connectivity index (χ4v) is 4.98. The molecule has 1 N–H and O–H groups in total. The van der Waals surface area contributed by atoms with Gasteiger partial charge in [0, 0.05) is 5.56 Å². The average molecular weight is 584 g/mol. The maximum absolute atomic E-state index is 12.7. The van der Waals surface area contributed by atoms with Gasteiger partial charge >= 0.3 is 0 Å². The molecule has 0 aromatic heterocycles. The standard InChI is InChI=1S/C30H28Cl2N2O4S/c1-4-7-21-14-20(16-26(37-6-3)28(21)38-18-19-8-13-24(31)25(32)15-19)17-27-29(35)34-30(39-27)33-22-9-11-23(12-10-22)36-5-2/h4,8-17H,1,5-7,18H2,2-3H3,(H,33,34,35)/b27-17+. The molecule has 1 aliphatic rings. The molecule has 1 heterocycles. The first-order chi connectivity index (χ1) is 18.9. The van der Waals surface area contributed by atoms with Crippen molar-refractivity contribution in [1.82, 2.24) is 5.32 Å². The molecule has 1 aliphatic heterocycles. The van der Waals surface area contributed by atoms with Gasteiger partial charge in [0.1, 0.15) is 12.4 Å². The van der Waals surface area contributed by atoms with Crippen LogP contribution in [0.25, 0.3) is 6.08 Å². The highest BCUT2D eigenvalue weighted by molar-refractivity contribution is 8.18. The number of halogens is 2. The van der Waals surface area contributed by atoms with Crippen molar-refractivity contribution in [3.05, 3.63) is 98.9 Å². The smallest absolute Gasteiger partial charge is 0.264 e. The lowest BCUT2D eigenvalue weighted by Gasteiger charge is -2.17. The van der Waals surface area contributed by atoms with Crippen molar-refractivity contribution in [3.8, 4) is 17.2 Å². The molecular weight excluding hydrogens is 555 g/mol. The minimum Gasteiger partial charge on any atom is -0.494 e. The van der Waals surface area contributed by atoms with Gasteiger partial charge in [0.2, 0.25) is 0 Å². The van der Waals surface area contributed by atoms with Crippen molar-refractivity contribution in [2.45, 2.75) is 26.9 Å². The van der Waals surface area contributed by atoms with E-state index < -0.39 is 0 Å². The monoisotopic (exact) mass is 582 g/mol. The first-order valence-corrected chi connectivity index (χ1v) is 14.0. The molecule has 6 nitrogen and oxygen atoms in total. The van der Waals surface area contributed by atoms with Crippen LogP contribution in [0.1, 0.15) is 30.5 Å². The SMILES string of the molecule is C=CCc1cc(/C=C2/SC(=Nc3ccc(OCC)cc3)NC2=O)cc(OCC)c1OCc1ccc(Cl)c(Cl)c1. The minimum absolute atomic E-state index is 0.215. The Hall–Kier alpha value is -3.39. The van der Waals surface area contributed by atoms with Crippen LogP contribution < -0.4 is 19.5 Å². The van der Waals surface area contributed by atoms with Crippen LogP contribution in [-0.4, -0.2) is 24.3 Å². The fraction of sp³-hybridized carbons (Fsp3) is 0.200. The zero-order chi connectivity index (χ0) is 27.8. The molecule has 4 rings (SSSR count). The molecule has 0 atom stereocenters. The molecule has 0 saturated carbocycles. The molecule has 202 valence electrons. The topological polar surface area (TPSA) is 69.2 Å². The van der Waals surface area contributed by atoms with E-state index in [1.165, 1.54) is 11.8 Å². The highest BCUT2D eigenvalue weighted by Gasteiger charge is 2.24. The Morgan fingerprint density at radius 3 is 2.44 bits per heavy atom. The number of benzene rings is 3. The molecule has 9 heteroatoms. The number of thioether (sulfide) groups is 1. The van der Waals surface area contributed by atoms with Gasteiger partial charge in [-0.3, -0.25) is 4.79 Å². The number of amides is 1. The van der Waals surface area contributed by atoms with Gasteiger partial charge in [-0.2, -0.15) is 0 Å². The van der Waals surface area contributed by atoms with Crippen molar-refractivity contribution in [3.63, 3.8) is 0 Å². The van der Waals surface area contributed by atoms with E-state index >= 15 is 0 Å². The molecule has 1 saturated heterocycles. The van der Waals surface area contributed by atoms with Gasteiger partial charge in [-0.25, -0.2) is 4.99 Å². The maximum atomic E-state index is 12.7. The molecule has 39 heavy (non-hydrogen) atoms. The number of allylic oxidation sites excluding steroid dienone is 1. The van der Waals surface area contributed by atoms with Crippen molar-refractivity contribution in [2.24, 2.45) is 4.99 Å². The Morgan fingerprint density at radius 1 is 0.974 bits per heavy atom. The number of nitrogens with one attached hydrogen (secondary N) is 1. The molecule has 0 bridgehead atoms. The van der Waals surface area contributed by atoms with E-state index in [0.29, 0.717) is 51.3 Å². The number of carbonyl (C=O) groups is 1. The first kappa shape index (κ1) is 28.6. The van der Waals surface area contributed by atoms with E-state index in [2.05, 4.69) is 16.9 Å². The van der Waals surface area contributed by atoms with Crippen molar-refractivity contribution >= 4 is 57.8 Å². The zero-order valence-electron chi connectivity index (χ0n) is 21.6. The lowest BCUT2D eigenvalue weighted by Crippen LogP contribution is -2.19. The van der Waals surface area contributed by atoms with E-state index in [-0.39, 0.29) is 12.5 Å². The lowest BCUT2D eigenvalue weighted by atomic mass is 10.0. The van der Waals surface area contributed by atoms with Crippen LogP contribution in [0.4, 0.5) is 5.69 Å². The van der Waals surface area contributed by atoms with E-state index in [1.807, 2.05) is 62.4 Å². The molecule has 0 aliphatic carbocycles. The third kappa shape index (κ3) is 7.60. The number of amidine groups is 1. The summed E-state index contributed by atoms with van der Waals surface area (Å²) in [5.41, 5.74) is 3.28. The lowest BCUT2D eigenvalue weighted by molar-refractivity contribution is -0.115. The van der Waals surface area contributed by atoms with Gasteiger partial charge in [-0.05, 0) is 97.8 Å². The third-order valence-corrected chi connectivity index (χ3v) is 7.16. The van der Waals surface area contributed by atoms with Crippen LogP contribution in [0, 0.1) is 0 Å². The number of carbonyl (C=O) groups excluding carboxylic acids is 1. The van der Waals surface area contributed by atoms with Crippen LogP contribution in [0.3, 0.4) is 0 Å². The Labute approximate surface area is 242 Å². The van der Waals surface area contributed by atoms with E-state index in [1.54, 1.807) is 18.2 Å². The Bertz CT molecular complexity index is 1420. The van der Waals surface area contributed by atoms with E-state index in [9.17, 15) is 4.79 Å². The molecular formula is C30H28Cl2N2O4S. The summed E-state index contributed by atoms with van der Waals surface area (Å²) in [4.78, 5) is 17.8. The van der Waals surface area contributed by atoms with E-state index in [4.69, 9.17) is 37.4 Å². The summed E-state index contributed by atoms with van der Waals surface area (Å²) in [6.07, 6.45) is 4.17. The van der Waals surface area contributed by atoms with Gasteiger partial charge in [0.25, 0.3) is 5.91 Å². The summed E-state index contributed by atoms with van der Waals surface area (Å²) in [7, 11) is 0. The zero-order valence-corrected chi connectivity index (χ0v) is 24.0. The number of rotatable bonds is 11. The summed E-state index contributed by atoms with van der Waals surface area (Å²) < 4.78 is 17.6. The van der Waals surface area contributed by atoms with Crippen molar-refractivity contribution < 1.29 is 19.0 Å². The van der Waals surface area contributed by atoms with Crippen LogP contribution in [0.2, 0.25) is 10.0 Å². The van der Waals surface area contributed by atoms with Gasteiger partial charge in [0.15, 0.2) is 16.7 Å². The van der Waals surface area contributed by atoms with Crippen LogP contribution in [0.15, 0.2) is 77.1 Å². The van der Waals surface area contributed by atoms with Gasteiger partial charge in [0.05, 0.1) is 33.9 Å². The second-order valence-corrected chi connectivity index (χ2v) is 10.2. The third-order valence-electron chi connectivity index (χ3n) is 5.51. The summed E-state index contributed by atoms with van der Waals surface area (Å²) in [6.45, 7) is 9.06. The van der Waals surface area contributed by atoms with Crippen molar-refractivity contribution in [1.29, 1.82) is 0 Å². The fourth-order valence-electron chi connectivity index (χ4n) is 3.82. The summed E-state index contributed by atoms with van der Waals surface area (Å²) in [6, 6.07) is 16.6. The normalized spacial score (nSPS) is 14.9. The maximum Gasteiger partial charge on any atom is 0.264 e. The van der Waals surface area contributed by atoms with Gasteiger partial charge in [-0.15, -0.1) is 6.58 Å². The molecule has 0 spiro atoms. The molecule has 3 aromatic carbocycles. The molecule has 1 amide bonds. The number of hydrogen-bond donors (Lipinski definition) is 1.